The number of piperidine rings is 1. The van der Waals surface area contributed by atoms with E-state index in [0.717, 1.165) is 0 Å². The molecule has 1 aliphatic rings. The molecule has 0 aromatic heterocycles. The third kappa shape index (κ3) is 4.23. The first-order valence-electron chi connectivity index (χ1n) is 8.80. The van der Waals surface area contributed by atoms with Gasteiger partial charge in [0.1, 0.15) is 5.82 Å². The number of benzene rings is 2. The van der Waals surface area contributed by atoms with Gasteiger partial charge < -0.3 is 15.3 Å². The lowest BCUT2D eigenvalue weighted by atomic mass is 9.83. The number of nitrogens with zero attached hydrogens (tertiary/aromatic N) is 1. The summed E-state index contributed by atoms with van der Waals surface area (Å²) < 4.78 is 13.1. The van der Waals surface area contributed by atoms with Gasteiger partial charge in [-0.1, -0.05) is 35.3 Å². The first-order chi connectivity index (χ1) is 12.7. The molecule has 1 aliphatic heterocycles. The number of rotatable bonds is 4. The molecule has 0 amide bonds. The molecule has 2 unspecified atom stereocenters. The van der Waals surface area contributed by atoms with E-state index in [4.69, 9.17) is 23.2 Å². The van der Waals surface area contributed by atoms with Crippen LogP contribution in [0.3, 0.4) is 0 Å². The number of halogens is 3. The van der Waals surface area contributed by atoms with Gasteiger partial charge in [0.05, 0.1) is 21.8 Å². The highest BCUT2D eigenvalue weighted by Crippen LogP contribution is 2.38. The summed E-state index contributed by atoms with van der Waals surface area (Å²) in [5.41, 5.74) is 0.226. The SMILES string of the molecule is CC(C(O)c1cc(Cl)c(O)c(Cl)c1)N1CCC(O)(c2ccc(F)cc2)CC1. The third-order valence-electron chi connectivity index (χ3n) is 5.42. The highest BCUT2D eigenvalue weighted by Gasteiger charge is 2.36. The number of aliphatic hydroxyl groups excluding tert-OH is 1. The number of phenolic OH excluding ortho intramolecular Hbond substituents is 1. The summed E-state index contributed by atoms with van der Waals surface area (Å²) in [7, 11) is 0. The lowest BCUT2D eigenvalue weighted by Crippen LogP contribution is -2.47. The highest BCUT2D eigenvalue weighted by molar-refractivity contribution is 6.37. The molecule has 3 rings (SSSR count). The van der Waals surface area contributed by atoms with E-state index in [2.05, 4.69) is 4.90 Å². The summed E-state index contributed by atoms with van der Waals surface area (Å²) in [6.07, 6.45) is 0.108. The van der Waals surface area contributed by atoms with Crippen LogP contribution in [0.2, 0.25) is 10.0 Å². The molecule has 0 spiro atoms. The van der Waals surface area contributed by atoms with Crippen LogP contribution < -0.4 is 0 Å². The van der Waals surface area contributed by atoms with Crippen molar-refractivity contribution in [2.45, 2.75) is 37.5 Å². The van der Waals surface area contributed by atoms with E-state index in [1.165, 1.54) is 24.3 Å². The van der Waals surface area contributed by atoms with Crippen molar-refractivity contribution >= 4 is 23.2 Å². The molecule has 0 aliphatic carbocycles. The fourth-order valence-corrected chi connectivity index (χ4v) is 4.09. The van der Waals surface area contributed by atoms with Crippen LogP contribution >= 0.6 is 23.2 Å². The minimum Gasteiger partial charge on any atom is -0.505 e. The van der Waals surface area contributed by atoms with E-state index >= 15 is 0 Å². The van der Waals surface area contributed by atoms with Crippen molar-refractivity contribution in [3.63, 3.8) is 0 Å². The van der Waals surface area contributed by atoms with Crippen molar-refractivity contribution in [3.05, 3.63) is 63.4 Å². The number of hydrogen-bond donors (Lipinski definition) is 3. The molecule has 1 saturated heterocycles. The average Bonchev–Trinajstić information content (AvgIpc) is 2.65. The molecule has 0 saturated carbocycles. The minimum atomic E-state index is -1.000. The molecule has 4 nitrogen and oxygen atoms in total. The van der Waals surface area contributed by atoms with Crippen molar-refractivity contribution in [1.82, 2.24) is 4.90 Å². The molecule has 3 N–H and O–H groups in total. The number of hydrogen-bond acceptors (Lipinski definition) is 4. The van der Waals surface area contributed by atoms with Crippen molar-refractivity contribution < 1.29 is 19.7 Å². The number of aromatic hydroxyl groups is 1. The van der Waals surface area contributed by atoms with Gasteiger partial charge in [0.25, 0.3) is 0 Å². The van der Waals surface area contributed by atoms with Gasteiger partial charge in [0.2, 0.25) is 0 Å². The average molecular weight is 414 g/mol. The predicted octanol–water partition coefficient (Wildman–Crippen LogP) is 4.24. The van der Waals surface area contributed by atoms with E-state index in [1.54, 1.807) is 12.1 Å². The first-order valence-corrected chi connectivity index (χ1v) is 9.55. The zero-order valence-corrected chi connectivity index (χ0v) is 16.4. The minimum absolute atomic E-state index is 0.0908. The molecule has 1 heterocycles. The molecular formula is C20H22Cl2FNO3. The van der Waals surface area contributed by atoms with E-state index in [1.807, 2.05) is 6.92 Å². The quantitative estimate of drug-likeness (QED) is 0.700. The summed E-state index contributed by atoms with van der Waals surface area (Å²) in [6.45, 7) is 3.04. The van der Waals surface area contributed by atoms with Gasteiger partial charge >= 0.3 is 0 Å². The van der Waals surface area contributed by atoms with Gasteiger partial charge in [0.15, 0.2) is 5.75 Å². The second kappa shape index (κ2) is 7.94. The summed E-state index contributed by atoms with van der Waals surface area (Å²) in [4.78, 5) is 2.08. The van der Waals surface area contributed by atoms with E-state index < -0.39 is 11.7 Å². The van der Waals surface area contributed by atoms with Crippen molar-refractivity contribution in [1.29, 1.82) is 0 Å². The molecule has 2 aromatic rings. The number of likely N-dealkylation sites (tertiary alicyclic amines) is 1. The Bertz CT molecular complexity index is 784. The lowest BCUT2D eigenvalue weighted by molar-refractivity contribution is -0.0502. The summed E-state index contributed by atoms with van der Waals surface area (Å²) >= 11 is 11.9. The Labute approximate surface area is 167 Å². The molecule has 0 radical (unpaired) electrons. The molecule has 146 valence electrons. The van der Waals surface area contributed by atoms with E-state index in [9.17, 15) is 19.7 Å². The maximum atomic E-state index is 13.1. The second-order valence-electron chi connectivity index (χ2n) is 7.09. The number of phenols is 1. The largest absolute Gasteiger partial charge is 0.505 e. The fourth-order valence-electron chi connectivity index (χ4n) is 3.58. The molecule has 2 atom stereocenters. The van der Waals surface area contributed by atoms with Crippen LogP contribution in [0.5, 0.6) is 5.75 Å². The van der Waals surface area contributed by atoms with Gasteiger partial charge in [-0.2, -0.15) is 0 Å². The molecule has 2 aromatic carbocycles. The van der Waals surface area contributed by atoms with Gasteiger partial charge in [0, 0.05) is 19.1 Å². The lowest BCUT2D eigenvalue weighted by Gasteiger charge is -2.42. The Morgan fingerprint density at radius 3 is 2.11 bits per heavy atom. The van der Waals surface area contributed by atoms with Crippen molar-refractivity contribution in [2.24, 2.45) is 0 Å². The molecule has 27 heavy (non-hydrogen) atoms. The van der Waals surface area contributed by atoms with Crippen LogP contribution in [0.4, 0.5) is 4.39 Å². The summed E-state index contributed by atoms with van der Waals surface area (Å²) in [6, 6.07) is 8.70. The van der Waals surface area contributed by atoms with Crippen LogP contribution in [-0.4, -0.2) is 39.4 Å². The smallest absolute Gasteiger partial charge is 0.152 e. The molecule has 7 heteroatoms. The normalized spacial score (nSPS) is 19.6. The van der Waals surface area contributed by atoms with Gasteiger partial charge in [-0.25, -0.2) is 4.39 Å². The van der Waals surface area contributed by atoms with Crippen LogP contribution in [-0.2, 0) is 5.60 Å². The predicted molar refractivity (Wildman–Crippen MR) is 104 cm³/mol. The van der Waals surface area contributed by atoms with E-state index in [-0.39, 0.29) is 27.7 Å². The fraction of sp³-hybridized carbons (Fsp3) is 0.400. The summed E-state index contributed by atoms with van der Waals surface area (Å²) in [5, 5.41) is 31.5. The van der Waals surface area contributed by atoms with Crippen molar-refractivity contribution in [3.8, 4) is 5.75 Å². The maximum Gasteiger partial charge on any atom is 0.152 e. The van der Waals surface area contributed by atoms with Crippen LogP contribution in [0.15, 0.2) is 36.4 Å². The Morgan fingerprint density at radius 2 is 1.59 bits per heavy atom. The molecule has 0 bridgehead atoms. The maximum absolute atomic E-state index is 13.1. The first kappa shape index (κ1) is 20.4. The van der Waals surface area contributed by atoms with Gasteiger partial charge in [-0.3, -0.25) is 4.90 Å². The summed E-state index contributed by atoms with van der Waals surface area (Å²) in [5.74, 6) is -0.535. The van der Waals surface area contributed by atoms with Crippen molar-refractivity contribution in [2.75, 3.05) is 13.1 Å². The van der Waals surface area contributed by atoms with Gasteiger partial charge in [-0.05, 0) is 55.2 Å². The monoisotopic (exact) mass is 413 g/mol. The van der Waals surface area contributed by atoms with E-state index in [0.29, 0.717) is 37.1 Å². The Kier molecular flexibility index (Phi) is 5.99. The Balaban J connectivity index is 1.69. The Hall–Kier alpha value is -1.37. The zero-order valence-electron chi connectivity index (χ0n) is 14.9. The van der Waals surface area contributed by atoms with Crippen LogP contribution in [0, 0.1) is 5.82 Å². The van der Waals surface area contributed by atoms with Gasteiger partial charge in [-0.15, -0.1) is 0 Å². The zero-order chi connectivity index (χ0) is 19.8. The van der Waals surface area contributed by atoms with Crippen LogP contribution in [0.1, 0.15) is 37.0 Å². The molecule has 1 fully saturated rings. The van der Waals surface area contributed by atoms with Crippen LogP contribution in [0.25, 0.3) is 0 Å². The topological polar surface area (TPSA) is 63.9 Å². The standard InChI is InChI=1S/C20H22Cl2FNO3/c1-12(18(25)13-10-16(21)19(26)17(22)11-13)24-8-6-20(27,7-9-24)14-2-4-15(23)5-3-14/h2-5,10-12,18,25-27H,6-9H2,1H3. The molecular weight excluding hydrogens is 392 g/mol. The Morgan fingerprint density at radius 1 is 1.07 bits per heavy atom. The number of aliphatic hydroxyl groups is 2. The third-order valence-corrected chi connectivity index (χ3v) is 6.00. The second-order valence-corrected chi connectivity index (χ2v) is 7.91. The highest BCUT2D eigenvalue weighted by atomic mass is 35.5.